The van der Waals surface area contributed by atoms with Gasteiger partial charge in [0.25, 0.3) is 0 Å². The van der Waals surface area contributed by atoms with Crippen LogP contribution >= 0.6 is 11.6 Å². The lowest BCUT2D eigenvalue weighted by Gasteiger charge is -2.15. The fraction of sp³-hybridized carbons (Fsp3) is 0.179. The summed E-state index contributed by atoms with van der Waals surface area (Å²) in [6.45, 7) is -4.22. The second kappa shape index (κ2) is 13.4. The van der Waals surface area contributed by atoms with Gasteiger partial charge in [-0.3, -0.25) is 10.1 Å². The number of urea groups is 1. The number of halogens is 1. The number of hydrogen-bond donors (Lipinski definition) is 4. The second-order valence-electron chi connectivity index (χ2n) is 8.14. The predicted molar refractivity (Wildman–Crippen MR) is 159 cm³/mol. The summed E-state index contributed by atoms with van der Waals surface area (Å²) in [5, 5.41) is 11.9. The third-order valence-corrected chi connectivity index (χ3v) is 5.55. The molecule has 40 heavy (non-hydrogen) atoms. The Bertz CT molecular complexity index is 1720. The average molecular weight is 567 g/mol. The van der Waals surface area contributed by atoms with Crippen molar-refractivity contribution in [2.24, 2.45) is 0 Å². The number of anilines is 5. The molecule has 206 valence electrons. The van der Waals surface area contributed by atoms with E-state index in [0.717, 1.165) is 12.2 Å². The van der Waals surface area contributed by atoms with Crippen LogP contribution in [0, 0.1) is 0 Å². The van der Waals surface area contributed by atoms with Crippen LogP contribution in [-0.2, 0) is 4.79 Å². The van der Waals surface area contributed by atoms with Crippen LogP contribution in [0.4, 0.5) is 33.5 Å². The van der Waals surface area contributed by atoms with Gasteiger partial charge in [-0.05, 0) is 57.3 Å². The predicted octanol–water partition coefficient (Wildman–Crippen LogP) is 5.52. The van der Waals surface area contributed by atoms with Crippen LogP contribution in [-0.4, -0.2) is 58.9 Å². The minimum Gasteiger partial charge on any atom is -0.492 e. The Kier molecular flexibility index (Phi) is 7.06. The number of benzene rings is 2. The summed E-state index contributed by atoms with van der Waals surface area (Å²) in [4.78, 5) is 38.1. The first kappa shape index (κ1) is 21.1. The number of hydrogen-bond acceptors (Lipinski definition) is 8. The third kappa shape index (κ3) is 7.65. The number of aromatic nitrogens is 3. The molecule has 0 aliphatic heterocycles. The van der Waals surface area contributed by atoms with Gasteiger partial charge in [-0.25, -0.2) is 19.7 Å². The summed E-state index contributed by atoms with van der Waals surface area (Å²) in [5.41, 5.74) is 1.66. The quantitative estimate of drug-likeness (QED) is 0.184. The van der Waals surface area contributed by atoms with Gasteiger partial charge >= 0.3 is 6.03 Å². The van der Waals surface area contributed by atoms with E-state index in [1.165, 1.54) is 6.33 Å². The summed E-state index contributed by atoms with van der Waals surface area (Å²) in [6.07, 6.45) is 5.09. The minimum atomic E-state index is -2.88. The molecule has 3 amide bonds. The fourth-order valence-electron chi connectivity index (χ4n) is 3.53. The molecule has 0 atom stereocenters. The molecule has 0 radical (unpaired) electrons. The molecule has 0 saturated carbocycles. The van der Waals surface area contributed by atoms with Gasteiger partial charge in [0.05, 0.1) is 28.5 Å². The molecule has 0 unspecified atom stereocenters. The van der Waals surface area contributed by atoms with Crippen LogP contribution in [0.2, 0.25) is 5.02 Å². The summed E-state index contributed by atoms with van der Waals surface area (Å²) >= 11 is 6.44. The number of carbonyl (C=O) groups is 2. The largest absolute Gasteiger partial charge is 0.492 e. The zero-order chi connectivity index (χ0) is 33.5. The van der Waals surface area contributed by atoms with E-state index in [0.29, 0.717) is 44.6 Å². The van der Waals surface area contributed by atoms with E-state index in [2.05, 4.69) is 36.2 Å². The lowest BCUT2D eigenvalue weighted by molar-refractivity contribution is -0.111. The number of rotatable bonds is 10. The van der Waals surface area contributed by atoms with E-state index in [9.17, 15) is 9.59 Å². The highest BCUT2D eigenvalue weighted by Gasteiger charge is 2.14. The Morgan fingerprint density at radius 2 is 1.93 bits per heavy atom. The number of nitrogens with one attached hydrogen (secondary N) is 4. The summed E-state index contributed by atoms with van der Waals surface area (Å²) in [6, 6.07) is 12.7. The molecule has 2 aromatic heterocycles. The molecule has 0 saturated heterocycles. The van der Waals surface area contributed by atoms with E-state index >= 15 is 0 Å². The molecule has 0 aliphatic rings. The van der Waals surface area contributed by atoms with E-state index < -0.39 is 32.4 Å². The maximum absolute atomic E-state index is 12.8. The fourth-order valence-corrected chi connectivity index (χ4v) is 3.76. The number of ether oxygens (including phenoxy) is 1. The number of amides is 3. The van der Waals surface area contributed by atoms with Crippen LogP contribution in [0.15, 0.2) is 73.2 Å². The zero-order valence-corrected chi connectivity index (χ0v) is 22.0. The highest BCUT2D eigenvalue weighted by atomic mass is 35.5. The molecule has 0 aliphatic carbocycles. The SMILES string of the molecule is [2H]C([2H])([2H])N(CC=CC(=O)Nc1cc2c(Nc3ccc(NC(=O)Nc4ccccn4)c(Cl)c3)ncnc2cc1OCC)C([2H])([2H])[2H]. The Hall–Kier alpha value is -4.74. The van der Waals surface area contributed by atoms with Crippen LogP contribution in [0.25, 0.3) is 10.9 Å². The lowest BCUT2D eigenvalue weighted by atomic mass is 10.1. The Balaban J connectivity index is 1.52. The van der Waals surface area contributed by atoms with Gasteiger partial charge < -0.3 is 25.6 Å². The van der Waals surface area contributed by atoms with Gasteiger partial charge in [0.1, 0.15) is 23.7 Å². The zero-order valence-electron chi connectivity index (χ0n) is 27.2. The molecular weight excluding hydrogens is 532 g/mol. The van der Waals surface area contributed by atoms with Crippen LogP contribution in [0.5, 0.6) is 5.75 Å². The highest BCUT2D eigenvalue weighted by molar-refractivity contribution is 6.34. The van der Waals surface area contributed by atoms with Gasteiger partial charge in [-0.15, -0.1) is 0 Å². The van der Waals surface area contributed by atoms with E-state index in [1.54, 1.807) is 61.7 Å². The van der Waals surface area contributed by atoms with Gasteiger partial charge in [-0.1, -0.05) is 23.7 Å². The average Bonchev–Trinajstić information content (AvgIpc) is 2.97. The first-order valence-electron chi connectivity index (χ1n) is 15.0. The van der Waals surface area contributed by atoms with E-state index in [1.807, 2.05) is 0 Å². The molecule has 2 heterocycles. The summed E-state index contributed by atoms with van der Waals surface area (Å²) < 4.78 is 50.4. The van der Waals surface area contributed by atoms with Crippen molar-refractivity contribution in [3.8, 4) is 5.75 Å². The monoisotopic (exact) mass is 566 g/mol. The summed E-state index contributed by atoms with van der Waals surface area (Å²) in [5.74, 6) is 0.410. The smallest absolute Gasteiger partial charge is 0.324 e. The number of likely N-dealkylation sites (N-methyl/N-ethyl adjacent to an activating group) is 1. The van der Waals surface area contributed by atoms with Gasteiger partial charge in [0.15, 0.2) is 0 Å². The van der Waals surface area contributed by atoms with Crippen LogP contribution < -0.4 is 26.0 Å². The maximum atomic E-state index is 12.8. The third-order valence-electron chi connectivity index (χ3n) is 5.24. The van der Waals surface area contributed by atoms with Crippen molar-refractivity contribution in [1.29, 1.82) is 0 Å². The molecule has 2 aromatic carbocycles. The molecule has 4 N–H and O–H groups in total. The Morgan fingerprint density at radius 1 is 1.05 bits per heavy atom. The first-order chi connectivity index (χ1) is 21.7. The molecule has 4 aromatic rings. The molecule has 4 rings (SSSR count). The van der Waals surface area contributed by atoms with Crippen molar-refractivity contribution < 1.29 is 22.6 Å². The number of nitrogens with zero attached hydrogens (tertiary/aromatic N) is 4. The number of fused-ring (bicyclic) bond motifs is 1. The van der Waals surface area contributed by atoms with Crippen molar-refractivity contribution in [3.05, 3.63) is 78.2 Å². The van der Waals surface area contributed by atoms with Crippen LogP contribution in [0.1, 0.15) is 15.1 Å². The van der Waals surface area contributed by atoms with Crippen molar-refractivity contribution in [2.45, 2.75) is 6.92 Å². The molecular formula is C28H29ClN8O3. The highest BCUT2D eigenvalue weighted by Crippen LogP contribution is 2.34. The molecule has 0 spiro atoms. The normalized spacial score (nSPS) is 13.9. The lowest BCUT2D eigenvalue weighted by Crippen LogP contribution is -2.20. The minimum absolute atomic E-state index is 0.244. The summed E-state index contributed by atoms with van der Waals surface area (Å²) in [7, 11) is 0. The second-order valence-corrected chi connectivity index (χ2v) is 8.54. The van der Waals surface area contributed by atoms with Crippen molar-refractivity contribution in [1.82, 2.24) is 19.9 Å². The Labute approximate surface area is 245 Å². The standard InChI is InChI=1S/C28H29ClN8O3/c1-4-40-24-16-22-19(15-23(24)34-26(38)9-7-13-37(2)3)27(32-17-31-22)33-18-10-11-21(20(29)14-18)35-28(39)36-25-8-5-6-12-30-25/h5-12,14-17H,4,13H2,1-3H3,(H,34,38)(H,31,32,33)(H2,30,35,36,39)/i2D3,3D3. The van der Waals surface area contributed by atoms with Gasteiger partial charge in [0, 0.05) is 44.2 Å². The van der Waals surface area contributed by atoms with Crippen molar-refractivity contribution >= 4 is 63.1 Å². The topological polar surface area (TPSA) is 133 Å². The van der Waals surface area contributed by atoms with E-state index in [-0.39, 0.29) is 17.3 Å². The maximum Gasteiger partial charge on any atom is 0.324 e. The van der Waals surface area contributed by atoms with E-state index in [4.69, 9.17) is 24.6 Å². The number of pyridine rings is 1. The van der Waals surface area contributed by atoms with Crippen molar-refractivity contribution in [3.63, 3.8) is 0 Å². The molecule has 0 bridgehead atoms. The molecule has 0 fully saturated rings. The van der Waals surface area contributed by atoms with Crippen molar-refractivity contribution in [2.75, 3.05) is 48.4 Å². The first-order valence-corrected chi connectivity index (χ1v) is 12.3. The number of carbonyl (C=O) groups excluding carboxylic acids is 2. The molecule has 11 nitrogen and oxygen atoms in total. The Morgan fingerprint density at radius 3 is 2.67 bits per heavy atom. The van der Waals surface area contributed by atoms with Gasteiger partial charge in [-0.2, -0.15) is 0 Å². The van der Waals surface area contributed by atoms with Crippen LogP contribution in [0.3, 0.4) is 0 Å². The van der Waals surface area contributed by atoms with Gasteiger partial charge in [0.2, 0.25) is 5.91 Å². The molecule has 12 heteroatoms.